The summed E-state index contributed by atoms with van der Waals surface area (Å²) in [5.74, 6) is -0.361. The Kier molecular flexibility index (Phi) is 7.69. The van der Waals surface area contributed by atoms with Crippen molar-refractivity contribution >= 4 is 29.2 Å². The minimum absolute atomic E-state index is 0.116. The van der Waals surface area contributed by atoms with Crippen molar-refractivity contribution in [3.05, 3.63) is 69.7 Å². The van der Waals surface area contributed by atoms with Gasteiger partial charge in [0.15, 0.2) is 0 Å². The third-order valence-electron chi connectivity index (χ3n) is 6.77. The van der Waals surface area contributed by atoms with E-state index in [1.165, 1.54) is 11.1 Å². The molecule has 0 unspecified atom stereocenters. The zero-order valence-corrected chi connectivity index (χ0v) is 20.8. The van der Waals surface area contributed by atoms with Gasteiger partial charge in [0, 0.05) is 11.4 Å². The van der Waals surface area contributed by atoms with Crippen LogP contribution in [-0.4, -0.2) is 53.2 Å². The molecule has 6 nitrogen and oxygen atoms in total. The van der Waals surface area contributed by atoms with Crippen molar-refractivity contribution in [1.29, 1.82) is 0 Å². The number of hydrogen-bond donors (Lipinski definition) is 0. The summed E-state index contributed by atoms with van der Waals surface area (Å²) in [6, 6.07) is 13.3. The smallest absolute Gasteiger partial charge is 0.323 e. The molecule has 2 atom stereocenters. The second-order valence-corrected chi connectivity index (χ2v) is 9.53. The Balaban J connectivity index is 1.61. The second kappa shape index (κ2) is 10.7. The summed E-state index contributed by atoms with van der Waals surface area (Å²) in [7, 11) is 0. The highest BCUT2D eigenvalue weighted by atomic mass is 35.5. The van der Waals surface area contributed by atoms with Crippen molar-refractivity contribution in [2.75, 3.05) is 19.7 Å². The lowest BCUT2D eigenvalue weighted by atomic mass is 9.96. The average molecular weight is 482 g/mol. The second-order valence-electron chi connectivity index (χ2n) is 9.09. The van der Waals surface area contributed by atoms with E-state index in [0.29, 0.717) is 31.0 Å². The van der Waals surface area contributed by atoms with E-state index in [0.717, 1.165) is 29.7 Å². The zero-order chi connectivity index (χ0) is 24.2. The summed E-state index contributed by atoms with van der Waals surface area (Å²) < 4.78 is 5.27. The van der Waals surface area contributed by atoms with Crippen LogP contribution in [0, 0.1) is 13.8 Å². The van der Waals surface area contributed by atoms with Gasteiger partial charge < -0.3 is 4.74 Å². The van der Waals surface area contributed by atoms with Crippen LogP contribution in [0.4, 0.5) is 0 Å². The summed E-state index contributed by atoms with van der Waals surface area (Å²) in [5, 5.41) is 7.06. The lowest BCUT2D eigenvalue weighted by molar-refractivity contribution is -0.152. The van der Waals surface area contributed by atoms with Crippen molar-refractivity contribution in [2.24, 2.45) is 5.10 Å². The number of benzene rings is 2. The molecule has 1 amide bonds. The van der Waals surface area contributed by atoms with Crippen molar-refractivity contribution in [3.63, 3.8) is 0 Å². The van der Waals surface area contributed by atoms with E-state index in [9.17, 15) is 9.59 Å². The van der Waals surface area contributed by atoms with E-state index in [1.807, 2.05) is 29.2 Å². The summed E-state index contributed by atoms with van der Waals surface area (Å²) in [6.07, 6.45) is 3.25. The molecule has 7 heteroatoms. The maximum absolute atomic E-state index is 13.6. The van der Waals surface area contributed by atoms with Crippen molar-refractivity contribution in [3.8, 4) is 0 Å². The molecule has 0 aliphatic carbocycles. The number of amides is 1. The van der Waals surface area contributed by atoms with Crippen LogP contribution >= 0.6 is 11.6 Å². The predicted octanol–water partition coefficient (Wildman–Crippen LogP) is 5.05. The highest BCUT2D eigenvalue weighted by Crippen LogP contribution is 2.34. The fourth-order valence-electron chi connectivity index (χ4n) is 4.71. The van der Waals surface area contributed by atoms with E-state index < -0.39 is 0 Å². The van der Waals surface area contributed by atoms with Gasteiger partial charge in [-0.3, -0.25) is 14.5 Å². The van der Waals surface area contributed by atoms with Crippen LogP contribution in [0.25, 0.3) is 0 Å². The van der Waals surface area contributed by atoms with Crippen LogP contribution in [0.5, 0.6) is 0 Å². The minimum atomic E-state index is -0.377. The van der Waals surface area contributed by atoms with Gasteiger partial charge in [0.1, 0.15) is 6.04 Å². The zero-order valence-electron chi connectivity index (χ0n) is 20.1. The first-order valence-electron chi connectivity index (χ1n) is 12.0. The first kappa shape index (κ1) is 24.4. The molecule has 34 heavy (non-hydrogen) atoms. The molecular weight excluding hydrogens is 450 g/mol. The molecule has 0 aromatic heterocycles. The van der Waals surface area contributed by atoms with Gasteiger partial charge in [-0.25, -0.2) is 5.01 Å². The van der Waals surface area contributed by atoms with Crippen LogP contribution in [0.2, 0.25) is 5.02 Å². The third kappa shape index (κ3) is 5.34. The van der Waals surface area contributed by atoms with Gasteiger partial charge in [-0.1, -0.05) is 42.3 Å². The summed E-state index contributed by atoms with van der Waals surface area (Å²) in [5.41, 5.74) is 5.32. The quantitative estimate of drug-likeness (QED) is 0.541. The van der Waals surface area contributed by atoms with Gasteiger partial charge >= 0.3 is 5.97 Å². The van der Waals surface area contributed by atoms with E-state index in [1.54, 1.807) is 11.9 Å². The fraction of sp³-hybridized carbons (Fsp3) is 0.444. The number of hydrogen-bond acceptors (Lipinski definition) is 5. The number of ether oxygens (including phenoxy) is 1. The minimum Gasteiger partial charge on any atom is -0.465 e. The number of aryl methyl sites for hydroxylation is 2. The van der Waals surface area contributed by atoms with E-state index >= 15 is 0 Å². The molecule has 0 N–H and O–H groups in total. The van der Waals surface area contributed by atoms with E-state index in [2.05, 4.69) is 32.0 Å². The normalized spacial score (nSPS) is 20.8. The molecule has 0 saturated carbocycles. The number of hydrazone groups is 1. The van der Waals surface area contributed by atoms with Crippen LogP contribution in [0.15, 0.2) is 47.6 Å². The molecule has 2 aromatic carbocycles. The van der Waals surface area contributed by atoms with Gasteiger partial charge in [-0.05, 0) is 80.6 Å². The molecule has 1 fully saturated rings. The number of halogens is 1. The van der Waals surface area contributed by atoms with Crippen LogP contribution in [0.3, 0.4) is 0 Å². The largest absolute Gasteiger partial charge is 0.465 e. The molecule has 2 aliphatic rings. The van der Waals surface area contributed by atoms with Crippen molar-refractivity contribution < 1.29 is 14.3 Å². The van der Waals surface area contributed by atoms with E-state index in [4.69, 9.17) is 21.4 Å². The highest BCUT2D eigenvalue weighted by Gasteiger charge is 2.37. The Hall–Kier alpha value is -2.70. The molecule has 0 radical (unpaired) electrons. The topological polar surface area (TPSA) is 62.2 Å². The van der Waals surface area contributed by atoms with Crippen molar-refractivity contribution in [2.45, 2.75) is 58.5 Å². The van der Waals surface area contributed by atoms with Crippen LogP contribution in [0.1, 0.15) is 60.9 Å². The van der Waals surface area contributed by atoms with Gasteiger partial charge in [-0.2, -0.15) is 5.10 Å². The number of rotatable bonds is 6. The molecule has 180 valence electrons. The third-order valence-corrected chi connectivity index (χ3v) is 7.02. The van der Waals surface area contributed by atoms with Crippen LogP contribution in [-0.2, 0) is 14.3 Å². The Morgan fingerprint density at radius 1 is 1.09 bits per heavy atom. The molecular formula is C27H32ClN3O3. The lowest BCUT2D eigenvalue weighted by Gasteiger charge is -2.34. The number of carbonyl (C=O) groups excluding carboxylic acids is 2. The molecule has 2 heterocycles. The van der Waals surface area contributed by atoms with Gasteiger partial charge in [0.05, 0.1) is 24.9 Å². The number of esters is 1. The fourth-order valence-corrected chi connectivity index (χ4v) is 4.84. The molecule has 0 bridgehead atoms. The average Bonchev–Trinajstić information content (AvgIpc) is 3.27. The SMILES string of the molecule is CCOC(=O)[C@@H]1CCCCN1CC(=O)N1N=C(c2ccc(C)c(C)c2)C[C@H]1c1ccc(Cl)cc1. The molecule has 2 aliphatic heterocycles. The molecule has 4 rings (SSSR count). The Labute approximate surface area is 206 Å². The number of likely N-dealkylation sites (tertiary alicyclic amines) is 1. The number of piperidine rings is 1. The van der Waals surface area contributed by atoms with E-state index in [-0.39, 0.29) is 30.5 Å². The highest BCUT2D eigenvalue weighted by molar-refractivity contribution is 6.30. The lowest BCUT2D eigenvalue weighted by Crippen LogP contribution is -2.49. The van der Waals surface area contributed by atoms with Crippen LogP contribution < -0.4 is 0 Å². The first-order chi connectivity index (χ1) is 16.4. The molecule has 1 saturated heterocycles. The maximum atomic E-state index is 13.6. The predicted molar refractivity (Wildman–Crippen MR) is 134 cm³/mol. The molecule has 2 aromatic rings. The maximum Gasteiger partial charge on any atom is 0.323 e. The van der Waals surface area contributed by atoms with Gasteiger partial charge in [0.25, 0.3) is 5.91 Å². The Morgan fingerprint density at radius 3 is 2.56 bits per heavy atom. The standard InChI is InChI=1S/C27H32ClN3O3/c1-4-34-27(33)24-7-5-6-14-30(24)17-26(32)31-25(20-10-12-22(28)13-11-20)16-23(29-31)21-9-8-18(2)19(3)15-21/h8-13,15,24-25H,4-7,14,16-17H2,1-3H3/t24-,25-/m0/s1. The Morgan fingerprint density at radius 2 is 1.85 bits per heavy atom. The summed E-state index contributed by atoms with van der Waals surface area (Å²) >= 11 is 6.11. The number of nitrogens with zero attached hydrogens (tertiary/aromatic N) is 3. The Bertz CT molecular complexity index is 1080. The first-order valence-corrected chi connectivity index (χ1v) is 12.4. The summed E-state index contributed by atoms with van der Waals surface area (Å²) in [4.78, 5) is 28.0. The monoisotopic (exact) mass is 481 g/mol. The van der Waals surface area contributed by atoms with Gasteiger partial charge in [0.2, 0.25) is 0 Å². The van der Waals surface area contributed by atoms with Crippen molar-refractivity contribution in [1.82, 2.24) is 9.91 Å². The summed E-state index contributed by atoms with van der Waals surface area (Å²) in [6.45, 7) is 7.14. The van der Waals surface area contributed by atoms with Gasteiger partial charge in [-0.15, -0.1) is 0 Å². The molecule has 0 spiro atoms. The number of carbonyl (C=O) groups is 2.